The van der Waals surface area contributed by atoms with E-state index < -0.39 is 0 Å². The summed E-state index contributed by atoms with van der Waals surface area (Å²) in [5.74, 6) is 0.149. The first kappa shape index (κ1) is 11.6. The van der Waals surface area contributed by atoms with E-state index in [-0.39, 0.29) is 11.7 Å². The van der Waals surface area contributed by atoms with Crippen LogP contribution in [0.3, 0.4) is 0 Å². The molecule has 17 heavy (non-hydrogen) atoms. The molecule has 3 heteroatoms. The van der Waals surface area contributed by atoms with E-state index in [1.165, 1.54) is 0 Å². The highest BCUT2D eigenvalue weighted by Gasteiger charge is 2.16. The molecule has 0 bridgehead atoms. The first-order chi connectivity index (χ1) is 8.22. The van der Waals surface area contributed by atoms with Crippen molar-refractivity contribution in [3.8, 4) is 5.69 Å². The Morgan fingerprint density at radius 3 is 2.65 bits per heavy atom. The second kappa shape index (κ2) is 4.95. The third-order valence-electron chi connectivity index (χ3n) is 2.92. The summed E-state index contributed by atoms with van der Waals surface area (Å²) in [4.78, 5) is 11.9. The second-order valence-electron chi connectivity index (χ2n) is 4.15. The normalized spacial score (nSPS) is 12.4. The number of ketones is 1. The van der Waals surface area contributed by atoms with Crippen molar-refractivity contribution in [1.82, 2.24) is 9.78 Å². The molecule has 0 radical (unpaired) electrons. The summed E-state index contributed by atoms with van der Waals surface area (Å²) in [6, 6.07) is 11.6. The summed E-state index contributed by atoms with van der Waals surface area (Å²) in [5, 5.41) is 4.32. The SMILES string of the molecule is CCC(C)C(=O)c1ccn(-c2ccccc2)n1. The molecular weight excluding hydrogens is 212 g/mol. The highest BCUT2D eigenvalue weighted by Crippen LogP contribution is 2.12. The van der Waals surface area contributed by atoms with Crippen molar-refractivity contribution in [3.63, 3.8) is 0 Å². The fourth-order valence-electron chi connectivity index (χ4n) is 1.62. The molecule has 1 atom stereocenters. The molecule has 0 fully saturated rings. The maximum Gasteiger partial charge on any atom is 0.185 e. The molecule has 1 unspecified atom stereocenters. The number of carbonyl (C=O) groups excluding carboxylic acids is 1. The highest BCUT2D eigenvalue weighted by molar-refractivity contribution is 5.95. The third kappa shape index (κ3) is 2.44. The van der Waals surface area contributed by atoms with Crippen LogP contribution < -0.4 is 0 Å². The molecule has 0 saturated carbocycles. The molecule has 1 aromatic carbocycles. The molecule has 1 aromatic heterocycles. The molecular formula is C14H16N2O. The smallest absolute Gasteiger partial charge is 0.185 e. The monoisotopic (exact) mass is 228 g/mol. The van der Waals surface area contributed by atoms with Crippen LogP contribution in [0.1, 0.15) is 30.8 Å². The molecule has 0 aliphatic heterocycles. The number of hydrogen-bond acceptors (Lipinski definition) is 2. The van der Waals surface area contributed by atoms with Crippen LogP contribution in [-0.2, 0) is 0 Å². The zero-order valence-electron chi connectivity index (χ0n) is 10.1. The Balaban J connectivity index is 2.25. The Kier molecular flexibility index (Phi) is 3.38. The Bertz CT molecular complexity index is 502. The van der Waals surface area contributed by atoms with Crippen LogP contribution in [0.25, 0.3) is 5.69 Å². The van der Waals surface area contributed by atoms with E-state index in [9.17, 15) is 4.79 Å². The Hall–Kier alpha value is -1.90. The van der Waals surface area contributed by atoms with E-state index in [1.54, 1.807) is 10.7 Å². The Morgan fingerprint density at radius 1 is 1.29 bits per heavy atom. The number of carbonyl (C=O) groups is 1. The van der Waals surface area contributed by atoms with E-state index >= 15 is 0 Å². The predicted octanol–water partition coefficient (Wildman–Crippen LogP) is 3.10. The van der Waals surface area contributed by atoms with Gasteiger partial charge in [-0.05, 0) is 24.6 Å². The van der Waals surface area contributed by atoms with Crippen molar-refractivity contribution in [3.05, 3.63) is 48.3 Å². The van der Waals surface area contributed by atoms with Crippen molar-refractivity contribution in [2.45, 2.75) is 20.3 Å². The summed E-state index contributed by atoms with van der Waals surface area (Å²) in [6.45, 7) is 3.95. The fourth-order valence-corrected chi connectivity index (χ4v) is 1.62. The minimum atomic E-state index is 0.0362. The highest BCUT2D eigenvalue weighted by atomic mass is 16.1. The first-order valence-corrected chi connectivity index (χ1v) is 5.87. The van der Waals surface area contributed by atoms with Crippen LogP contribution in [0.2, 0.25) is 0 Å². The summed E-state index contributed by atoms with van der Waals surface area (Å²) >= 11 is 0. The van der Waals surface area contributed by atoms with Gasteiger partial charge in [-0.15, -0.1) is 0 Å². The number of Topliss-reactive ketones (excluding diaryl/α,β-unsaturated/α-hetero) is 1. The standard InChI is InChI=1S/C14H16N2O/c1-3-11(2)14(17)13-9-10-16(15-13)12-7-5-4-6-8-12/h4-11H,3H2,1-2H3. The van der Waals surface area contributed by atoms with Crippen LogP contribution in [0.4, 0.5) is 0 Å². The molecule has 2 aromatic rings. The molecule has 88 valence electrons. The summed E-state index contributed by atoms with van der Waals surface area (Å²) in [5.41, 5.74) is 1.51. The third-order valence-corrected chi connectivity index (χ3v) is 2.92. The van der Waals surface area contributed by atoms with Gasteiger partial charge in [0.05, 0.1) is 5.69 Å². The van der Waals surface area contributed by atoms with Crippen LogP contribution >= 0.6 is 0 Å². The molecule has 3 nitrogen and oxygen atoms in total. The van der Waals surface area contributed by atoms with E-state index in [2.05, 4.69) is 5.10 Å². The minimum absolute atomic E-state index is 0.0362. The molecule has 0 spiro atoms. The van der Waals surface area contributed by atoms with Crippen molar-refractivity contribution in [1.29, 1.82) is 0 Å². The van der Waals surface area contributed by atoms with Gasteiger partial charge in [-0.1, -0.05) is 32.0 Å². The lowest BCUT2D eigenvalue weighted by molar-refractivity contribution is 0.0921. The van der Waals surface area contributed by atoms with Gasteiger partial charge in [-0.3, -0.25) is 4.79 Å². The minimum Gasteiger partial charge on any atom is -0.292 e. The number of hydrogen-bond donors (Lipinski definition) is 0. The molecule has 0 saturated heterocycles. The number of para-hydroxylation sites is 1. The van der Waals surface area contributed by atoms with Gasteiger partial charge in [0.25, 0.3) is 0 Å². The molecule has 0 N–H and O–H groups in total. The Labute approximate surface area is 101 Å². The molecule has 0 aliphatic carbocycles. The van der Waals surface area contributed by atoms with Gasteiger partial charge >= 0.3 is 0 Å². The van der Waals surface area contributed by atoms with Gasteiger partial charge in [0.2, 0.25) is 0 Å². The van der Waals surface area contributed by atoms with Crippen LogP contribution in [0, 0.1) is 5.92 Å². The predicted molar refractivity (Wildman–Crippen MR) is 67.3 cm³/mol. The quantitative estimate of drug-likeness (QED) is 0.754. The van der Waals surface area contributed by atoms with Crippen molar-refractivity contribution in [2.24, 2.45) is 5.92 Å². The second-order valence-corrected chi connectivity index (χ2v) is 4.15. The van der Waals surface area contributed by atoms with Crippen LogP contribution in [0.15, 0.2) is 42.6 Å². The van der Waals surface area contributed by atoms with Crippen molar-refractivity contribution >= 4 is 5.78 Å². The lowest BCUT2D eigenvalue weighted by atomic mass is 10.0. The largest absolute Gasteiger partial charge is 0.292 e. The molecule has 2 rings (SSSR count). The average Bonchev–Trinajstić information content (AvgIpc) is 2.87. The van der Waals surface area contributed by atoms with Gasteiger partial charge in [0.15, 0.2) is 5.78 Å². The van der Waals surface area contributed by atoms with Crippen LogP contribution in [-0.4, -0.2) is 15.6 Å². The average molecular weight is 228 g/mol. The van der Waals surface area contributed by atoms with Gasteiger partial charge in [0, 0.05) is 12.1 Å². The Morgan fingerprint density at radius 2 is 2.00 bits per heavy atom. The molecule has 1 heterocycles. The topological polar surface area (TPSA) is 34.9 Å². The molecule has 0 aliphatic rings. The van der Waals surface area contributed by atoms with Crippen molar-refractivity contribution < 1.29 is 4.79 Å². The van der Waals surface area contributed by atoms with E-state index in [0.29, 0.717) is 5.69 Å². The number of nitrogens with zero attached hydrogens (tertiary/aromatic N) is 2. The number of rotatable bonds is 4. The number of benzene rings is 1. The molecule has 0 amide bonds. The fraction of sp³-hybridized carbons (Fsp3) is 0.286. The maximum absolute atomic E-state index is 11.9. The number of aromatic nitrogens is 2. The summed E-state index contributed by atoms with van der Waals surface area (Å²) in [6.07, 6.45) is 2.67. The van der Waals surface area contributed by atoms with Crippen molar-refractivity contribution in [2.75, 3.05) is 0 Å². The zero-order chi connectivity index (χ0) is 12.3. The van der Waals surface area contributed by atoms with E-state index in [0.717, 1.165) is 12.1 Å². The summed E-state index contributed by atoms with van der Waals surface area (Å²) in [7, 11) is 0. The van der Waals surface area contributed by atoms with Gasteiger partial charge in [-0.2, -0.15) is 5.10 Å². The lowest BCUT2D eigenvalue weighted by Gasteiger charge is -2.04. The van der Waals surface area contributed by atoms with E-state index in [1.807, 2.05) is 50.4 Å². The zero-order valence-corrected chi connectivity index (χ0v) is 10.1. The first-order valence-electron chi connectivity index (χ1n) is 5.87. The van der Waals surface area contributed by atoms with Gasteiger partial charge in [-0.25, -0.2) is 4.68 Å². The van der Waals surface area contributed by atoms with E-state index in [4.69, 9.17) is 0 Å². The summed E-state index contributed by atoms with van der Waals surface area (Å²) < 4.78 is 1.73. The lowest BCUT2D eigenvalue weighted by Crippen LogP contribution is -2.11. The van der Waals surface area contributed by atoms with Gasteiger partial charge < -0.3 is 0 Å². The maximum atomic E-state index is 11.9. The van der Waals surface area contributed by atoms with Gasteiger partial charge in [0.1, 0.15) is 5.69 Å². The van der Waals surface area contributed by atoms with Crippen LogP contribution in [0.5, 0.6) is 0 Å².